The Bertz CT molecular complexity index is 837. The van der Waals surface area contributed by atoms with E-state index in [1.807, 2.05) is 39.0 Å². The zero-order valence-corrected chi connectivity index (χ0v) is 17.5. The third kappa shape index (κ3) is 6.59. The molecule has 0 fully saturated rings. The van der Waals surface area contributed by atoms with Crippen molar-refractivity contribution >= 4 is 11.8 Å². The molecule has 0 aromatic heterocycles. The van der Waals surface area contributed by atoms with Gasteiger partial charge in [0.25, 0.3) is 5.91 Å². The third-order valence-corrected chi connectivity index (χ3v) is 4.68. The Labute approximate surface area is 171 Å². The quantitative estimate of drug-likeness (QED) is 0.697. The fraction of sp³-hybridized carbons (Fsp3) is 0.391. The molecule has 0 aliphatic heterocycles. The average Bonchev–Trinajstić information content (AvgIpc) is 2.71. The molecule has 0 radical (unpaired) electrons. The minimum atomic E-state index is -0.679. The van der Waals surface area contributed by atoms with Gasteiger partial charge in [-0.25, -0.2) is 4.39 Å². The van der Waals surface area contributed by atoms with Crippen LogP contribution >= 0.6 is 0 Å². The zero-order valence-electron chi connectivity index (χ0n) is 17.5. The van der Waals surface area contributed by atoms with E-state index in [0.717, 1.165) is 23.1 Å². The third-order valence-electron chi connectivity index (χ3n) is 4.68. The highest BCUT2D eigenvalue weighted by Gasteiger charge is 2.26. The lowest BCUT2D eigenvalue weighted by Crippen LogP contribution is -2.49. The number of hydrogen-bond acceptors (Lipinski definition) is 3. The van der Waals surface area contributed by atoms with Crippen molar-refractivity contribution in [3.05, 3.63) is 65.0 Å². The van der Waals surface area contributed by atoms with Crippen LogP contribution in [0.3, 0.4) is 0 Å². The maximum atomic E-state index is 13.2. The SMILES string of the molecule is CCCNC(=O)C(C)N(Cc1ccc(F)cc1)C(=O)COc1cc(C)ccc1C. The topological polar surface area (TPSA) is 58.6 Å². The Balaban J connectivity index is 2.15. The summed E-state index contributed by atoms with van der Waals surface area (Å²) in [6.45, 7) is 8.06. The highest BCUT2D eigenvalue weighted by atomic mass is 19.1. The first-order valence-corrected chi connectivity index (χ1v) is 9.83. The molecule has 1 N–H and O–H groups in total. The summed E-state index contributed by atoms with van der Waals surface area (Å²) in [5, 5.41) is 2.82. The summed E-state index contributed by atoms with van der Waals surface area (Å²) in [7, 11) is 0. The zero-order chi connectivity index (χ0) is 21.4. The fourth-order valence-corrected chi connectivity index (χ4v) is 2.85. The van der Waals surface area contributed by atoms with Gasteiger partial charge in [-0.3, -0.25) is 9.59 Å². The molecule has 1 atom stereocenters. The number of hydrogen-bond donors (Lipinski definition) is 1. The second-order valence-electron chi connectivity index (χ2n) is 7.17. The molecule has 2 aromatic carbocycles. The van der Waals surface area contributed by atoms with Crippen LogP contribution in [0.4, 0.5) is 4.39 Å². The van der Waals surface area contributed by atoms with Crippen LogP contribution in [0, 0.1) is 19.7 Å². The Morgan fingerprint density at radius 3 is 2.48 bits per heavy atom. The number of aryl methyl sites for hydroxylation is 2. The highest BCUT2D eigenvalue weighted by Crippen LogP contribution is 2.19. The molecule has 29 heavy (non-hydrogen) atoms. The molecule has 0 saturated carbocycles. The van der Waals surface area contributed by atoms with Gasteiger partial charge < -0.3 is 15.0 Å². The van der Waals surface area contributed by atoms with Gasteiger partial charge in [0.2, 0.25) is 5.91 Å². The van der Waals surface area contributed by atoms with Crippen molar-refractivity contribution in [2.75, 3.05) is 13.2 Å². The predicted octanol–water partition coefficient (Wildman–Crippen LogP) is 3.76. The van der Waals surface area contributed by atoms with Crippen molar-refractivity contribution in [3.63, 3.8) is 0 Å². The Hall–Kier alpha value is -2.89. The highest BCUT2D eigenvalue weighted by molar-refractivity contribution is 5.87. The summed E-state index contributed by atoms with van der Waals surface area (Å²) in [4.78, 5) is 26.9. The molecule has 2 amide bonds. The molecule has 0 heterocycles. The van der Waals surface area contributed by atoms with E-state index < -0.39 is 6.04 Å². The van der Waals surface area contributed by atoms with Crippen LogP contribution in [0.25, 0.3) is 0 Å². The van der Waals surface area contributed by atoms with Gasteiger partial charge in [0.1, 0.15) is 17.6 Å². The first-order chi connectivity index (χ1) is 13.8. The predicted molar refractivity (Wildman–Crippen MR) is 111 cm³/mol. The van der Waals surface area contributed by atoms with Crippen molar-refractivity contribution in [2.45, 2.75) is 46.7 Å². The Kier molecular flexibility index (Phi) is 8.19. The van der Waals surface area contributed by atoms with E-state index in [9.17, 15) is 14.0 Å². The maximum Gasteiger partial charge on any atom is 0.261 e. The van der Waals surface area contributed by atoms with Gasteiger partial charge in [0.05, 0.1) is 0 Å². The minimum absolute atomic E-state index is 0.184. The number of carbonyl (C=O) groups is 2. The lowest BCUT2D eigenvalue weighted by Gasteiger charge is -2.29. The number of amides is 2. The van der Waals surface area contributed by atoms with E-state index in [2.05, 4.69) is 5.32 Å². The summed E-state index contributed by atoms with van der Waals surface area (Å²) < 4.78 is 19.0. The number of rotatable bonds is 9. The number of nitrogens with one attached hydrogen (secondary N) is 1. The maximum absolute atomic E-state index is 13.2. The van der Waals surface area contributed by atoms with Gasteiger partial charge in [-0.1, -0.05) is 31.2 Å². The molecule has 2 aromatic rings. The van der Waals surface area contributed by atoms with Gasteiger partial charge in [0.15, 0.2) is 6.61 Å². The van der Waals surface area contributed by atoms with E-state index in [-0.39, 0.29) is 30.8 Å². The van der Waals surface area contributed by atoms with Gasteiger partial charge >= 0.3 is 0 Å². The Morgan fingerprint density at radius 2 is 1.83 bits per heavy atom. The van der Waals surface area contributed by atoms with E-state index in [1.54, 1.807) is 19.1 Å². The molecule has 0 aliphatic rings. The van der Waals surface area contributed by atoms with Crippen molar-refractivity contribution in [1.82, 2.24) is 10.2 Å². The average molecular weight is 400 g/mol. The molecule has 6 heteroatoms. The van der Waals surface area contributed by atoms with Crippen molar-refractivity contribution in [2.24, 2.45) is 0 Å². The molecular formula is C23H29FN2O3. The lowest BCUT2D eigenvalue weighted by atomic mass is 10.1. The van der Waals surface area contributed by atoms with Crippen LogP contribution in [0.1, 0.15) is 37.0 Å². The lowest BCUT2D eigenvalue weighted by molar-refractivity contribution is -0.142. The smallest absolute Gasteiger partial charge is 0.261 e. The molecule has 0 aliphatic carbocycles. The van der Waals surface area contributed by atoms with Gasteiger partial charge in [-0.05, 0) is 62.1 Å². The van der Waals surface area contributed by atoms with Crippen LogP contribution in [-0.2, 0) is 16.1 Å². The summed E-state index contributed by atoms with van der Waals surface area (Å²) in [6, 6.07) is 11.0. The number of halogens is 1. The molecule has 0 spiro atoms. The summed E-state index contributed by atoms with van der Waals surface area (Å²) >= 11 is 0. The van der Waals surface area contributed by atoms with Crippen molar-refractivity contribution < 1.29 is 18.7 Å². The van der Waals surface area contributed by atoms with Crippen LogP contribution < -0.4 is 10.1 Å². The molecule has 0 bridgehead atoms. The summed E-state index contributed by atoms with van der Waals surface area (Å²) in [6.07, 6.45) is 0.806. The number of benzene rings is 2. The van der Waals surface area contributed by atoms with Gasteiger partial charge in [-0.15, -0.1) is 0 Å². The molecule has 2 rings (SSSR count). The number of nitrogens with zero attached hydrogens (tertiary/aromatic N) is 1. The van der Waals surface area contributed by atoms with Crippen molar-refractivity contribution in [3.8, 4) is 5.75 Å². The van der Waals surface area contributed by atoms with Crippen LogP contribution in [-0.4, -0.2) is 35.9 Å². The van der Waals surface area contributed by atoms with Crippen LogP contribution in [0.5, 0.6) is 5.75 Å². The first-order valence-electron chi connectivity index (χ1n) is 9.83. The van der Waals surface area contributed by atoms with Crippen LogP contribution in [0.15, 0.2) is 42.5 Å². The normalized spacial score (nSPS) is 11.6. The van der Waals surface area contributed by atoms with Crippen molar-refractivity contribution in [1.29, 1.82) is 0 Å². The molecule has 0 saturated heterocycles. The van der Waals surface area contributed by atoms with E-state index in [0.29, 0.717) is 12.3 Å². The largest absolute Gasteiger partial charge is 0.483 e. The van der Waals surface area contributed by atoms with E-state index >= 15 is 0 Å². The second-order valence-corrected chi connectivity index (χ2v) is 7.17. The molecular weight excluding hydrogens is 371 g/mol. The Morgan fingerprint density at radius 1 is 1.14 bits per heavy atom. The molecule has 1 unspecified atom stereocenters. The molecule has 156 valence electrons. The standard InChI is InChI=1S/C23H29FN2O3/c1-5-12-25-23(28)18(4)26(14-19-8-10-20(24)11-9-19)22(27)15-29-21-13-16(2)6-7-17(21)3/h6-11,13,18H,5,12,14-15H2,1-4H3,(H,25,28). The number of ether oxygens (including phenoxy) is 1. The van der Waals surface area contributed by atoms with Gasteiger partial charge in [-0.2, -0.15) is 0 Å². The van der Waals surface area contributed by atoms with Gasteiger partial charge in [0, 0.05) is 13.1 Å². The second kappa shape index (κ2) is 10.6. The summed E-state index contributed by atoms with van der Waals surface area (Å²) in [5.41, 5.74) is 2.71. The van der Waals surface area contributed by atoms with Crippen LogP contribution in [0.2, 0.25) is 0 Å². The first kappa shape index (κ1) is 22.4. The summed E-state index contributed by atoms with van der Waals surface area (Å²) in [5.74, 6) is -0.245. The number of carbonyl (C=O) groups excluding carboxylic acids is 2. The monoisotopic (exact) mass is 400 g/mol. The van der Waals surface area contributed by atoms with E-state index in [1.165, 1.54) is 17.0 Å². The fourth-order valence-electron chi connectivity index (χ4n) is 2.85. The van der Waals surface area contributed by atoms with E-state index in [4.69, 9.17) is 4.74 Å². The molecule has 5 nitrogen and oxygen atoms in total. The minimum Gasteiger partial charge on any atom is -0.483 e.